The van der Waals surface area contributed by atoms with E-state index in [1.165, 1.54) is 55.7 Å². The second-order valence-electron chi connectivity index (χ2n) is 5.59. The maximum absolute atomic E-state index is 12.6. The molecule has 0 bridgehead atoms. The summed E-state index contributed by atoms with van der Waals surface area (Å²) in [7, 11) is -3.81. The van der Waals surface area contributed by atoms with Gasteiger partial charge in [-0.2, -0.15) is 0 Å². The zero-order chi connectivity index (χ0) is 19.4. The first-order valence-electron chi connectivity index (χ1n) is 7.85. The highest BCUT2D eigenvalue weighted by molar-refractivity contribution is 8.14. The lowest BCUT2D eigenvalue weighted by molar-refractivity contribution is -0.109. The molecule has 138 valence electrons. The average Bonchev–Trinajstić information content (AvgIpc) is 2.66. The molecule has 9 heteroatoms. The predicted molar refractivity (Wildman–Crippen MR) is 104 cm³/mol. The fraction of sp³-hybridized carbons (Fsp3) is 0.111. The number of hydrogen-bond acceptors (Lipinski definition) is 7. The zero-order valence-electron chi connectivity index (χ0n) is 14.2. The standard InChI is InChI=1S/C18H15N3O4S2/c1-12(22)26-11-18(23)13-2-4-14(5-3-13)21-27(24,25)15-6-7-16-17(10-15)20-9-8-19-16/h2-10,21H,11H2,1H3. The zero-order valence-corrected chi connectivity index (χ0v) is 15.9. The number of benzene rings is 2. The fourth-order valence-electron chi connectivity index (χ4n) is 2.30. The van der Waals surface area contributed by atoms with Crippen LogP contribution in [0.4, 0.5) is 5.69 Å². The van der Waals surface area contributed by atoms with Crippen molar-refractivity contribution in [3.8, 4) is 0 Å². The number of fused-ring (bicyclic) bond motifs is 1. The van der Waals surface area contributed by atoms with Gasteiger partial charge in [-0.15, -0.1) is 0 Å². The Morgan fingerprint density at radius 2 is 1.67 bits per heavy atom. The van der Waals surface area contributed by atoms with Crippen molar-refractivity contribution in [1.29, 1.82) is 0 Å². The van der Waals surface area contributed by atoms with Gasteiger partial charge >= 0.3 is 0 Å². The van der Waals surface area contributed by atoms with Crippen LogP contribution in [0.5, 0.6) is 0 Å². The molecule has 1 aromatic heterocycles. The quantitative estimate of drug-likeness (QED) is 0.633. The molecule has 0 aliphatic carbocycles. The molecule has 1 heterocycles. The van der Waals surface area contributed by atoms with Gasteiger partial charge in [-0.05, 0) is 42.5 Å². The number of carbonyl (C=O) groups excluding carboxylic acids is 2. The summed E-state index contributed by atoms with van der Waals surface area (Å²) < 4.78 is 27.6. The maximum atomic E-state index is 12.6. The van der Waals surface area contributed by atoms with Crippen molar-refractivity contribution >= 4 is 49.4 Å². The molecule has 0 amide bonds. The number of nitrogens with zero attached hydrogens (tertiary/aromatic N) is 2. The molecule has 0 atom stereocenters. The summed E-state index contributed by atoms with van der Waals surface area (Å²) in [6.07, 6.45) is 3.03. The van der Waals surface area contributed by atoms with Crippen molar-refractivity contribution in [3.63, 3.8) is 0 Å². The summed E-state index contributed by atoms with van der Waals surface area (Å²) in [5, 5.41) is -0.132. The topological polar surface area (TPSA) is 106 Å². The monoisotopic (exact) mass is 401 g/mol. The first kappa shape index (κ1) is 19.0. The summed E-state index contributed by atoms with van der Waals surface area (Å²) in [6.45, 7) is 1.40. The van der Waals surface area contributed by atoms with Gasteiger partial charge in [-0.1, -0.05) is 11.8 Å². The summed E-state index contributed by atoms with van der Waals surface area (Å²) in [4.78, 5) is 31.2. The van der Waals surface area contributed by atoms with Crippen LogP contribution < -0.4 is 4.72 Å². The van der Waals surface area contributed by atoms with E-state index in [4.69, 9.17) is 0 Å². The van der Waals surface area contributed by atoms with Gasteiger partial charge < -0.3 is 0 Å². The molecule has 2 aromatic carbocycles. The Hall–Kier alpha value is -2.78. The number of hydrogen-bond donors (Lipinski definition) is 1. The molecule has 0 spiro atoms. The molecule has 0 unspecified atom stereocenters. The highest BCUT2D eigenvalue weighted by Crippen LogP contribution is 2.20. The summed E-state index contributed by atoms with van der Waals surface area (Å²) >= 11 is 0.936. The van der Waals surface area contributed by atoms with Crippen molar-refractivity contribution in [3.05, 3.63) is 60.4 Å². The molecule has 0 fully saturated rings. The second-order valence-corrected chi connectivity index (χ2v) is 8.43. The Morgan fingerprint density at radius 1 is 1.00 bits per heavy atom. The van der Waals surface area contributed by atoms with E-state index < -0.39 is 10.0 Å². The van der Waals surface area contributed by atoms with Crippen LogP contribution >= 0.6 is 11.8 Å². The Bertz CT molecular complexity index is 1110. The fourth-order valence-corrected chi connectivity index (χ4v) is 3.88. The van der Waals surface area contributed by atoms with Crippen LogP contribution in [-0.4, -0.2) is 35.0 Å². The second kappa shape index (κ2) is 7.85. The molecular formula is C18H15N3O4S2. The van der Waals surface area contributed by atoms with Crippen molar-refractivity contribution in [2.75, 3.05) is 10.5 Å². The van der Waals surface area contributed by atoms with Gasteiger partial charge in [-0.25, -0.2) is 8.42 Å². The van der Waals surface area contributed by atoms with Gasteiger partial charge in [-0.3, -0.25) is 24.3 Å². The smallest absolute Gasteiger partial charge is 0.261 e. The molecule has 0 aliphatic heterocycles. The van der Waals surface area contributed by atoms with E-state index in [1.54, 1.807) is 6.07 Å². The molecule has 3 rings (SSSR count). The minimum atomic E-state index is -3.81. The number of Topliss-reactive ketones (excluding diaryl/α,β-unsaturated/α-hetero) is 1. The van der Waals surface area contributed by atoms with Gasteiger partial charge in [0.15, 0.2) is 10.9 Å². The third kappa shape index (κ3) is 4.69. The van der Waals surface area contributed by atoms with E-state index in [2.05, 4.69) is 14.7 Å². The van der Waals surface area contributed by atoms with Crippen LogP contribution in [0.3, 0.4) is 0 Å². The van der Waals surface area contributed by atoms with E-state index in [0.29, 0.717) is 22.3 Å². The number of anilines is 1. The van der Waals surface area contributed by atoms with Gasteiger partial charge in [0.25, 0.3) is 10.0 Å². The first-order valence-corrected chi connectivity index (χ1v) is 10.3. The minimum Gasteiger partial charge on any atom is -0.293 e. The molecule has 7 nitrogen and oxygen atoms in total. The van der Waals surface area contributed by atoms with Crippen LogP contribution in [0.2, 0.25) is 0 Å². The molecule has 1 N–H and O–H groups in total. The Balaban J connectivity index is 1.76. The molecular weight excluding hydrogens is 386 g/mol. The number of aromatic nitrogens is 2. The average molecular weight is 401 g/mol. The Morgan fingerprint density at radius 3 is 2.33 bits per heavy atom. The van der Waals surface area contributed by atoms with E-state index in [1.807, 2.05) is 0 Å². The third-order valence-electron chi connectivity index (χ3n) is 3.62. The number of sulfonamides is 1. The van der Waals surface area contributed by atoms with Crippen LogP contribution in [0.15, 0.2) is 59.8 Å². The van der Waals surface area contributed by atoms with Crippen LogP contribution in [-0.2, 0) is 14.8 Å². The number of rotatable bonds is 6. The first-order chi connectivity index (χ1) is 12.8. The minimum absolute atomic E-state index is 0.0541. The van der Waals surface area contributed by atoms with Gasteiger partial charge in [0.05, 0.1) is 21.7 Å². The number of thioether (sulfide) groups is 1. The van der Waals surface area contributed by atoms with Crippen molar-refractivity contribution in [2.24, 2.45) is 0 Å². The molecule has 3 aromatic rings. The summed E-state index contributed by atoms with van der Waals surface area (Å²) in [5.41, 5.74) is 1.81. The van der Waals surface area contributed by atoms with Crippen molar-refractivity contribution in [1.82, 2.24) is 9.97 Å². The van der Waals surface area contributed by atoms with Gasteiger partial charge in [0.2, 0.25) is 0 Å². The number of ketones is 1. The Kier molecular flexibility index (Phi) is 5.52. The van der Waals surface area contributed by atoms with E-state index >= 15 is 0 Å². The molecule has 27 heavy (non-hydrogen) atoms. The van der Waals surface area contributed by atoms with E-state index in [9.17, 15) is 18.0 Å². The summed E-state index contributed by atoms with van der Waals surface area (Å²) in [5.74, 6) is -0.142. The van der Waals surface area contributed by atoms with Crippen molar-refractivity contribution < 1.29 is 18.0 Å². The lowest BCUT2D eigenvalue weighted by atomic mass is 10.1. The molecule has 0 saturated carbocycles. The Labute approximate surface area is 160 Å². The SMILES string of the molecule is CC(=O)SCC(=O)c1ccc(NS(=O)(=O)c2ccc3nccnc3c2)cc1. The van der Waals surface area contributed by atoms with Gasteiger partial charge in [0.1, 0.15) is 0 Å². The largest absolute Gasteiger partial charge is 0.293 e. The number of nitrogens with one attached hydrogen (secondary N) is 1. The molecule has 0 saturated heterocycles. The molecule has 0 aliphatic rings. The number of carbonyl (C=O) groups is 2. The van der Waals surface area contributed by atoms with Crippen LogP contribution in [0.1, 0.15) is 17.3 Å². The predicted octanol–water partition coefficient (Wildman–Crippen LogP) is 2.89. The lowest BCUT2D eigenvalue weighted by Gasteiger charge is -2.09. The van der Waals surface area contributed by atoms with Gasteiger partial charge in [0, 0.05) is 30.6 Å². The molecule has 0 radical (unpaired) electrons. The third-order valence-corrected chi connectivity index (χ3v) is 5.81. The van der Waals surface area contributed by atoms with Crippen molar-refractivity contribution in [2.45, 2.75) is 11.8 Å². The maximum Gasteiger partial charge on any atom is 0.261 e. The highest BCUT2D eigenvalue weighted by atomic mass is 32.2. The van der Waals surface area contributed by atoms with E-state index in [0.717, 1.165) is 11.8 Å². The van der Waals surface area contributed by atoms with Crippen LogP contribution in [0, 0.1) is 0 Å². The summed E-state index contributed by atoms with van der Waals surface area (Å²) in [6, 6.07) is 10.5. The highest BCUT2D eigenvalue weighted by Gasteiger charge is 2.16. The van der Waals surface area contributed by atoms with Crippen LogP contribution in [0.25, 0.3) is 11.0 Å². The lowest BCUT2D eigenvalue weighted by Crippen LogP contribution is -2.13. The van der Waals surface area contributed by atoms with E-state index in [-0.39, 0.29) is 21.5 Å². The normalized spacial score (nSPS) is 11.3.